The molecule has 0 bridgehead atoms. The van der Waals surface area contributed by atoms with Crippen LogP contribution in [0.2, 0.25) is 0 Å². The van der Waals surface area contributed by atoms with Crippen LogP contribution in [0.25, 0.3) is 0 Å². The number of hydrogen-bond donors (Lipinski definition) is 1. The highest BCUT2D eigenvalue weighted by molar-refractivity contribution is 6.02. The van der Waals surface area contributed by atoms with E-state index in [0.717, 1.165) is 32.1 Å². The topological polar surface area (TPSA) is 69.7 Å². The summed E-state index contributed by atoms with van der Waals surface area (Å²) >= 11 is 0. The molecule has 0 radical (unpaired) electrons. The number of alkyl halides is 6. The summed E-state index contributed by atoms with van der Waals surface area (Å²) in [4.78, 5) is 41.1. The van der Waals surface area contributed by atoms with Crippen LogP contribution in [0.3, 0.4) is 0 Å². The minimum atomic E-state index is -4.71. The molecule has 12 heteroatoms. The molecule has 4 rings (SSSR count). The number of imide groups is 1. The van der Waals surface area contributed by atoms with Crippen LogP contribution >= 0.6 is 0 Å². The fourth-order valence-electron chi connectivity index (χ4n) is 7.04. The second-order valence-corrected chi connectivity index (χ2v) is 11.6. The monoisotopic (exact) mass is 553 g/mol. The van der Waals surface area contributed by atoms with Crippen molar-refractivity contribution in [2.45, 2.75) is 101 Å². The molecule has 3 amide bonds. The predicted octanol–water partition coefficient (Wildman–Crippen LogP) is 4.82. The number of nitrogens with one attached hydrogen (secondary N) is 1. The maximum absolute atomic E-state index is 13.5. The van der Waals surface area contributed by atoms with Gasteiger partial charge < -0.3 is 5.32 Å². The number of rotatable bonds is 6. The van der Waals surface area contributed by atoms with Crippen LogP contribution in [-0.2, 0) is 14.4 Å². The summed E-state index contributed by atoms with van der Waals surface area (Å²) in [6, 6.07) is -0.730. The second kappa shape index (κ2) is 11.7. The molecule has 1 N–H and O–H groups in total. The Labute approximate surface area is 218 Å². The number of amides is 3. The van der Waals surface area contributed by atoms with Crippen LogP contribution in [0, 0.1) is 23.7 Å². The largest absolute Gasteiger partial charge is 0.391 e. The first-order chi connectivity index (χ1) is 17.8. The van der Waals surface area contributed by atoms with E-state index in [1.807, 2.05) is 4.90 Å². The van der Waals surface area contributed by atoms with Gasteiger partial charge in [-0.2, -0.15) is 26.3 Å². The fourth-order valence-corrected chi connectivity index (χ4v) is 7.04. The van der Waals surface area contributed by atoms with E-state index in [-0.39, 0.29) is 49.1 Å². The van der Waals surface area contributed by atoms with Crippen molar-refractivity contribution in [2.24, 2.45) is 23.7 Å². The Morgan fingerprint density at radius 2 is 1.34 bits per heavy atom. The molecule has 0 aromatic heterocycles. The maximum atomic E-state index is 13.5. The van der Waals surface area contributed by atoms with Crippen LogP contribution in [0.4, 0.5) is 26.3 Å². The van der Waals surface area contributed by atoms with Crippen LogP contribution in [0.1, 0.15) is 77.0 Å². The van der Waals surface area contributed by atoms with E-state index in [2.05, 4.69) is 5.32 Å². The third-order valence-corrected chi connectivity index (χ3v) is 9.01. The molecule has 4 aliphatic rings. The van der Waals surface area contributed by atoms with Gasteiger partial charge in [0, 0.05) is 38.5 Å². The molecule has 2 saturated heterocycles. The van der Waals surface area contributed by atoms with Crippen molar-refractivity contribution >= 4 is 17.7 Å². The molecule has 0 spiro atoms. The van der Waals surface area contributed by atoms with Crippen LogP contribution < -0.4 is 5.32 Å². The maximum Gasteiger partial charge on any atom is 0.391 e. The lowest BCUT2D eigenvalue weighted by Gasteiger charge is -2.43. The smallest absolute Gasteiger partial charge is 0.354 e. The second-order valence-electron chi connectivity index (χ2n) is 11.6. The van der Waals surface area contributed by atoms with Crippen LogP contribution in [0.5, 0.6) is 0 Å². The van der Waals surface area contributed by atoms with Gasteiger partial charge in [-0.25, -0.2) is 0 Å². The van der Waals surface area contributed by atoms with Gasteiger partial charge in [-0.15, -0.1) is 0 Å². The van der Waals surface area contributed by atoms with Gasteiger partial charge in [0.2, 0.25) is 17.7 Å². The van der Waals surface area contributed by atoms with Crippen molar-refractivity contribution in [3.8, 4) is 0 Å². The summed E-state index contributed by atoms with van der Waals surface area (Å²) in [5.41, 5.74) is 0. The summed E-state index contributed by atoms with van der Waals surface area (Å²) in [6.45, 7) is 0.770. The van der Waals surface area contributed by atoms with E-state index in [0.29, 0.717) is 25.9 Å². The highest BCUT2D eigenvalue weighted by Gasteiger charge is 2.52. The van der Waals surface area contributed by atoms with Gasteiger partial charge in [-0.3, -0.25) is 24.2 Å². The van der Waals surface area contributed by atoms with Crippen LogP contribution in [0.15, 0.2) is 0 Å². The number of hydrogen-bond acceptors (Lipinski definition) is 4. The molecule has 0 aromatic carbocycles. The van der Waals surface area contributed by atoms with Gasteiger partial charge in [0.15, 0.2) is 0 Å². The predicted molar refractivity (Wildman–Crippen MR) is 125 cm³/mol. The van der Waals surface area contributed by atoms with E-state index < -0.39 is 55.4 Å². The molecular weight excluding hydrogens is 516 g/mol. The molecule has 3 atom stereocenters. The van der Waals surface area contributed by atoms with Crippen LogP contribution in [-0.4, -0.2) is 71.6 Å². The zero-order chi connectivity index (χ0) is 27.7. The van der Waals surface area contributed by atoms with Gasteiger partial charge in [0.1, 0.15) is 0 Å². The summed E-state index contributed by atoms with van der Waals surface area (Å²) in [6.07, 6.45) is -5.06. The Kier molecular flexibility index (Phi) is 8.98. The molecule has 216 valence electrons. The molecule has 38 heavy (non-hydrogen) atoms. The lowest BCUT2D eigenvalue weighted by molar-refractivity contribution is -0.228. The Morgan fingerprint density at radius 3 is 1.84 bits per heavy atom. The SMILES string of the molecule is O=C(NCC1CC(C(F)(F)F)CC(C(F)(F)F)C1)C(C1CCCCC1)N1CCC(N2C(=O)CCC2=O)CC1. The lowest BCUT2D eigenvalue weighted by Crippen LogP contribution is -2.56. The number of carbonyl (C=O) groups is 3. The summed E-state index contributed by atoms with van der Waals surface area (Å²) in [5, 5.41) is 2.74. The number of carbonyl (C=O) groups excluding carboxylic acids is 3. The normalized spacial score (nSPS) is 30.1. The van der Waals surface area contributed by atoms with Crippen molar-refractivity contribution in [3.05, 3.63) is 0 Å². The van der Waals surface area contributed by atoms with Gasteiger partial charge in [-0.1, -0.05) is 19.3 Å². The Hall–Kier alpha value is -1.85. The molecule has 4 fully saturated rings. The fraction of sp³-hybridized carbons (Fsp3) is 0.885. The van der Waals surface area contributed by atoms with Gasteiger partial charge in [0.25, 0.3) is 0 Å². The van der Waals surface area contributed by atoms with Crippen molar-refractivity contribution in [3.63, 3.8) is 0 Å². The molecule has 0 aromatic rings. The van der Waals surface area contributed by atoms with Crippen molar-refractivity contribution in [1.82, 2.24) is 15.1 Å². The average Bonchev–Trinajstić information content (AvgIpc) is 3.20. The molecule has 2 aliphatic carbocycles. The molecule has 2 aliphatic heterocycles. The summed E-state index contributed by atoms with van der Waals surface area (Å²) in [5.74, 6) is -5.61. The molecular formula is C26H37F6N3O3. The van der Waals surface area contributed by atoms with Crippen molar-refractivity contribution < 1.29 is 40.7 Å². The first kappa shape index (κ1) is 29.1. The van der Waals surface area contributed by atoms with Crippen molar-refractivity contribution in [2.75, 3.05) is 19.6 Å². The van der Waals surface area contributed by atoms with Crippen molar-refractivity contribution in [1.29, 1.82) is 0 Å². The number of likely N-dealkylation sites (tertiary alicyclic amines) is 2. The highest BCUT2D eigenvalue weighted by Crippen LogP contribution is 2.47. The number of nitrogens with zero attached hydrogens (tertiary/aromatic N) is 2. The Balaban J connectivity index is 1.40. The van der Waals surface area contributed by atoms with E-state index in [1.165, 1.54) is 4.90 Å². The number of piperidine rings is 1. The Bertz CT molecular complexity index is 827. The summed E-state index contributed by atoms with van der Waals surface area (Å²) in [7, 11) is 0. The van der Waals surface area contributed by atoms with E-state index in [9.17, 15) is 40.7 Å². The number of halogens is 6. The molecule has 2 saturated carbocycles. The van der Waals surface area contributed by atoms with E-state index >= 15 is 0 Å². The summed E-state index contributed by atoms with van der Waals surface area (Å²) < 4.78 is 80.2. The third kappa shape index (κ3) is 6.83. The first-order valence-electron chi connectivity index (χ1n) is 13.8. The quantitative estimate of drug-likeness (QED) is 0.378. The lowest BCUT2D eigenvalue weighted by atomic mass is 9.74. The zero-order valence-electron chi connectivity index (χ0n) is 21.5. The average molecular weight is 554 g/mol. The molecule has 2 heterocycles. The minimum Gasteiger partial charge on any atom is -0.354 e. The van der Waals surface area contributed by atoms with Gasteiger partial charge >= 0.3 is 12.4 Å². The first-order valence-corrected chi connectivity index (χ1v) is 13.8. The van der Waals surface area contributed by atoms with E-state index in [4.69, 9.17) is 0 Å². The molecule has 6 nitrogen and oxygen atoms in total. The standard InChI is InChI=1S/C26H37F6N3O3/c27-25(28,29)18-12-16(13-19(14-18)26(30,31)32)15-33-24(38)23(17-4-2-1-3-5-17)34-10-8-20(9-11-34)35-21(36)6-7-22(35)37/h16-20,23H,1-15H2,(H,33,38). The van der Waals surface area contributed by atoms with E-state index in [1.54, 1.807) is 0 Å². The van der Waals surface area contributed by atoms with Gasteiger partial charge in [0.05, 0.1) is 17.9 Å². The zero-order valence-corrected chi connectivity index (χ0v) is 21.5. The Morgan fingerprint density at radius 1 is 0.816 bits per heavy atom. The van der Waals surface area contributed by atoms with Gasteiger partial charge in [-0.05, 0) is 56.8 Å². The highest BCUT2D eigenvalue weighted by atomic mass is 19.4. The third-order valence-electron chi connectivity index (χ3n) is 9.01. The molecule has 3 unspecified atom stereocenters. The minimum absolute atomic E-state index is 0.0487.